The lowest BCUT2D eigenvalue weighted by Crippen LogP contribution is -2.03. The summed E-state index contributed by atoms with van der Waals surface area (Å²) in [7, 11) is 0. The molecule has 0 heterocycles. The smallest absolute Gasteiger partial charge is 0.123 e. The molecule has 22 heavy (non-hydrogen) atoms. The molecule has 0 bridgehead atoms. The molecular formula is C19H23NO2. The van der Waals surface area contributed by atoms with Gasteiger partial charge in [-0.05, 0) is 56.5 Å². The van der Waals surface area contributed by atoms with E-state index in [-0.39, 0.29) is 0 Å². The monoisotopic (exact) mass is 297 g/mol. The molecule has 116 valence electrons. The van der Waals surface area contributed by atoms with Crippen LogP contribution in [0.25, 0.3) is 0 Å². The van der Waals surface area contributed by atoms with E-state index in [1.165, 1.54) is 0 Å². The zero-order valence-corrected chi connectivity index (χ0v) is 13.7. The highest BCUT2D eigenvalue weighted by Gasteiger charge is 2.09. The highest BCUT2D eigenvalue weighted by Crippen LogP contribution is 2.24. The van der Waals surface area contributed by atoms with Crippen molar-refractivity contribution < 1.29 is 9.57 Å². The number of aryl methyl sites for hydroxylation is 2. The highest BCUT2D eigenvalue weighted by molar-refractivity contribution is 6.00. The molecule has 2 rings (SSSR count). The van der Waals surface area contributed by atoms with E-state index in [4.69, 9.17) is 9.57 Å². The zero-order chi connectivity index (χ0) is 15.9. The lowest BCUT2D eigenvalue weighted by atomic mass is 10.0. The van der Waals surface area contributed by atoms with Gasteiger partial charge in [0, 0.05) is 5.56 Å². The Hall–Kier alpha value is -2.29. The predicted molar refractivity (Wildman–Crippen MR) is 90.5 cm³/mol. The van der Waals surface area contributed by atoms with Crippen molar-refractivity contribution in [2.75, 3.05) is 6.61 Å². The number of benzene rings is 2. The van der Waals surface area contributed by atoms with Gasteiger partial charge in [-0.1, -0.05) is 35.5 Å². The van der Waals surface area contributed by atoms with Crippen LogP contribution in [-0.2, 0) is 11.4 Å². The predicted octanol–water partition coefficient (Wildman–Crippen LogP) is 4.64. The number of hydrogen-bond acceptors (Lipinski definition) is 3. The minimum atomic E-state index is 0.576. The molecule has 0 atom stereocenters. The quantitative estimate of drug-likeness (QED) is 0.574. The van der Waals surface area contributed by atoms with Crippen molar-refractivity contribution in [2.24, 2.45) is 5.16 Å². The van der Waals surface area contributed by atoms with Crippen LogP contribution in [0.1, 0.15) is 36.1 Å². The third kappa shape index (κ3) is 4.10. The first-order valence-electron chi connectivity index (χ1n) is 7.56. The molecule has 0 saturated carbocycles. The number of nitrogens with zero attached hydrogens (tertiary/aromatic N) is 1. The van der Waals surface area contributed by atoms with Crippen LogP contribution in [0.4, 0.5) is 0 Å². The lowest BCUT2D eigenvalue weighted by molar-refractivity contribution is 0.159. The van der Waals surface area contributed by atoms with E-state index in [1.54, 1.807) is 0 Å². The molecular weight excluding hydrogens is 274 g/mol. The van der Waals surface area contributed by atoms with Gasteiger partial charge in [-0.2, -0.15) is 0 Å². The minimum Gasteiger partial charge on any atom is -0.489 e. The topological polar surface area (TPSA) is 30.8 Å². The van der Waals surface area contributed by atoms with Gasteiger partial charge in [-0.15, -0.1) is 0 Å². The largest absolute Gasteiger partial charge is 0.489 e. The van der Waals surface area contributed by atoms with Crippen LogP contribution in [0.3, 0.4) is 0 Å². The van der Waals surface area contributed by atoms with Crippen molar-refractivity contribution in [3.63, 3.8) is 0 Å². The maximum Gasteiger partial charge on any atom is 0.123 e. The first-order valence-corrected chi connectivity index (χ1v) is 7.56. The molecule has 0 saturated heterocycles. The Bertz CT molecular complexity index is 648. The van der Waals surface area contributed by atoms with Gasteiger partial charge in [-0.25, -0.2) is 0 Å². The summed E-state index contributed by atoms with van der Waals surface area (Å²) in [6, 6.07) is 14.4. The molecule has 2 aromatic carbocycles. The second kappa shape index (κ2) is 7.64. The fourth-order valence-corrected chi connectivity index (χ4v) is 2.28. The number of ether oxygens (including phenoxy) is 1. The van der Waals surface area contributed by atoms with Gasteiger partial charge in [0.1, 0.15) is 19.0 Å². The van der Waals surface area contributed by atoms with Gasteiger partial charge >= 0.3 is 0 Å². The van der Waals surface area contributed by atoms with E-state index in [2.05, 4.69) is 43.3 Å². The standard InChI is InChI=1S/C19H23NO2/c1-5-22-20-16(4)18-11-15(3)19(12-14(18)2)21-13-17-9-7-6-8-10-17/h6-12H,5,13H2,1-4H3/b20-16+. The zero-order valence-electron chi connectivity index (χ0n) is 13.7. The fourth-order valence-electron chi connectivity index (χ4n) is 2.28. The van der Waals surface area contributed by atoms with Gasteiger partial charge in [0.05, 0.1) is 5.71 Å². The summed E-state index contributed by atoms with van der Waals surface area (Å²) < 4.78 is 5.95. The Morgan fingerprint density at radius 2 is 1.77 bits per heavy atom. The van der Waals surface area contributed by atoms with Gasteiger partial charge in [0.25, 0.3) is 0 Å². The molecule has 0 amide bonds. The van der Waals surface area contributed by atoms with Crippen LogP contribution in [0.2, 0.25) is 0 Å². The molecule has 0 aliphatic carbocycles. The summed E-state index contributed by atoms with van der Waals surface area (Å²) in [6.45, 7) is 9.16. The van der Waals surface area contributed by atoms with Crippen LogP contribution >= 0.6 is 0 Å². The Balaban J connectivity index is 2.16. The van der Waals surface area contributed by atoms with Gasteiger partial charge in [0.2, 0.25) is 0 Å². The molecule has 3 heteroatoms. The van der Waals surface area contributed by atoms with Gasteiger partial charge in [0.15, 0.2) is 0 Å². The molecule has 0 unspecified atom stereocenters. The molecule has 0 radical (unpaired) electrons. The van der Waals surface area contributed by atoms with E-state index in [9.17, 15) is 0 Å². The Kier molecular flexibility index (Phi) is 5.59. The normalized spacial score (nSPS) is 11.4. The van der Waals surface area contributed by atoms with E-state index >= 15 is 0 Å². The lowest BCUT2D eigenvalue weighted by Gasteiger charge is -2.13. The third-order valence-corrected chi connectivity index (χ3v) is 3.48. The summed E-state index contributed by atoms with van der Waals surface area (Å²) in [5.74, 6) is 0.911. The highest BCUT2D eigenvalue weighted by atomic mass is 16.6. The van der Waals surface area contributed by atoms with E-state index in [0.717, 1.165) is 33.7 Å². The number of oxime groups is 1. The molecule has 0 aromatic heterocycles. The van der Waals surface area contributed by atoms with Crippen molar-refractivity contribution in [3.05, 3.63) is 64.7 Å². The molecule has 3 nitrogen and oxygen atoms in total. The van der Waals surface area contributed by atoms with Gasteiger partial charge < -0.3 is 9.57 Å². The maximum atomic E-state index is 5.95. The Labute approximate surface area is 132 Å². The second-order valence-corrected chi connectivity index (χ2v) is 5.30. The van der Waals surface area contributed by atoms with Crippen molar-refractivity contribution in [1.82, 2.24) is 0 Å². The summed E-state index contributed by atoms with van der Waals surface area (Å²) >= 11 is 0. The third-order valence-electron chi connectivity index (χ3n) is 3.48. The van der Waals surface area contributed by atoms with Crippen LogP contribution in [0, 0.1) is 13.8 Å². The van der Waals surface area contributed by atoms with Crippen molar-refractivity contribution in [1.29, 1.82) is 0 Å². The Morgan fingerprint density at radius 3 is 2.45 bits per heavy atom. The summed E-state index contributed by atoms with van der Waals surface area (Å²) in [6.07, 6.45) is 0. The number of hydrogen-bond donors (Lipinski definition) is 0. The van der Waals surface area contributed by atoms with Crippen LogP contribution in [0.5, 0.6) is 5.75 Å². The summed E-state index contributed by atoms with van der Waals surface area (Å²) in [5.41, 5.74) is 5.38. The molecule has 2 aromatic rings. The number of rotatable bonds is 6. The van der Waals surface area contributed by atoms with Crippen molar-refractivity contribution in [3.8, 4) is 5.75 Å². The molecule has 0 fully saturated rings. The first kappa shape index (κ1) is 16.1. The SMILES string of the molecule is CCO/N=C(\C)c1cc(C)c(OCc2ccccc2)cc1C. The van der Waals surface area contributed by atoms with E-state index in [1.807, 2.05) is 32.0 Å². The van der Waals surface area contributed by atoms with E-state index < -0.39 is 0 Å². The fraction of sp³-hybridized carbons (Fsp3) is 0.316. The molecule has 0 N–H and O–H groups in total. The molecule has 0 spiro atoms. The van der Waals surface area contributed by atoms with Gasteiger partial charge in [-0.3, -0.25) is 0 Å². The Morgan fingerprint density at radius 1 is 1.05 bits per heavy atom. The first-order chi connectivity index (χ1) is 10.6. The van der Waals surface area contributed by atoms with E-state index in [0.29, 0.717) is 13.2 Å². The second-order valence-electron chi connectivity index (χ2n) is 5.30. The van der Waals surface area contributed by atoms with Crippen LogP contribution < -0.4 is 4.74 Å². The molecule has 0 aliphatic rings. The summed E-state index contributed by atoms with van der Waals surface area (Å²) in [5, 5.41) is 4.11. The average Bonchev–Trinajstić information content (AvgIpc) is 2.54. The van der Waals surface area contributed by atoms with Crippen molar-refractivity contribution in [2.45, 2.75) is 34.3 Å². The van der Waals surface area contributed by atoms with Crippen LogP contribution in [0.15, 0.2) is 47.6 Å². The minimum absolute atomic E-state index is 0.576. The molecule has 0 aliphatic heterocycles. The van der Waals surface area contributed by atoms with Crippen molar-refractivity contribution >= 4 is 5.71 Å². The maximum absolute atomic E-state index is 5.95. The summed E-state index contributed by atoms with van der Waals surface area (Å²) in [4.78, 5) is 5.14. The average molecular weight is 297 g/mol. The van der Waals surface area contributed by atoms with Crippen LogP contribution in [-0.4, -0.2) is 12.3 Å².